The van der Waals surface area contributed by atoms with Crippen LogP contribution in [-0.2, 0) is 10.4 Å². The fourth-order valence-corrected chi connectivity index (χ4v) is 1.78. The topological polar surface area (TPSA) is 69.2 Å². The first-order valence-electron chi connectivity index (χ1n) is 4.65. The van der Waals surface area contributed by atoms with E-state index in [4.69, 9.17) is 0 Å². The lowest BCUT2D eigenvalue weighted by Crippen LogP contribution is -2.42. The van der Waals surface area contributed by atoms with Gasteiger partial charge in [0.15, 0.2) is 0 Å². The number of likely N-dealkylation sites (tertiary alicyclic amines) is 1. The number of H-pyrrole nitrogens is 1. The van der Waals surface area contributed by atoms with E-state index < -0.39 is 5.60 Å². The lowest BCUT2D eigenvalue weighted by atomic mass is 9.89. The maximum absolute atomic E-state index is 10.5. The molecule has 76 valence electrons. The minimum absolute atomic E-state index is 0.563. The van der Waals surface area contributed by atoms with Gasteiger partial charge in [-0.25, -0.2) is 4.98 Å². The Balaban J connectivity index is 2.09. The highest BCUT2D eigenvalue weighted by molar-refractivity contribution is 5.47. The van der Waals surface area contributed by atoms with Crippen molar-refractivity contribution >= 4 is 6.41 Å². The SMILES string of the molecule is O=CN1CCC(O)(c2cnc[nH]2)CC1. The molecule has 1 aliphatic rings. The Kier molecular flexibility index (Phi) is 2.25. The van der Waals surface area contributed by atoms with Gasteiger partial charge in [-0.1, -0.05) is 0 Å². The van der Waals surface area contributed by atoms with Crippen LogP contribution in [0.1, 0.15) is 18.5 Å². The number of nitrogens with one attached hydrogen (secondary N) is 1. The molecule has 2 heterocycles. The molecule has 5 nitrogen and oxygen atoms in total. The van der Waals surface area contributed by atoms with Crippen molar-refractivity contribution in [2.45, 2.75) is 18.4 Å². The summed E-state index contributed by atoms with van der Waals surface area (Å²) in [6.07, 6.45) is 5.14. The molecule has 1 aliphatic heterocycles. The first-order valence-corrected chi connectivity index (χ1v) is 4.65. The summed E-state index contributed by atoms with van der Waals surface area (Å²) in [5.74, 6) is 0. The molecule has 1 aromatic rings. The van der Waals surface area contributed by atoms with Crippen LogP contribution >= 0.6 is 0 Å². The average Bonchev–Trinajstić information content (AvgIpc) is 2.72. The second kappa shape index (κ2) is 3.42. The number of rotatable bonds is 2. The van der Waals surface area contributed by atoms with Crippen LogP contribution in [0.3, 0.4) is 0 Å². The summed E-state index contributed by atoms with van der Waals surface area (Å²) in [6, 6.07) is 0. The zero-order valence-corrected chi connectivity index (χ0v) is 7.81. The van der Waals surface area contributed by atoms with E-state index in [2.05, 4.69) is 9.97 Å². The lowest BCUT2D eigenvalue weighted by molar-refractivity contribution is -0.122. The molecular formula is C9H13N3O2. The van der Waals surface area contributed by atoms with Crippen LogP contribution in [0.2, 0.25) is 0 Å². The van der Waals surface area contributed by atoms with Crippen LogP contribution < -0.4 is 0 Å². The minimum atomic E-state index is -0.837. The van der Waals surface area contributed by atoms with Crippen LogP contribution in [0.15, 0.2) is 12.5 Å². The van der Waals surface area contributed by atoms with Crippen molar-refractivity contribution in [1.29, 1.82) is 0 Å². The van der Waals surface area contributed by atoms with E-state index in [9.17, 15) is 9.90 Å². The van der Waals surface area contributed by atoms with Crippen LogP contribution in [-0.4, -0.2) is 39.5 Å². The molecule has 0 atom stereocenters. The molecule has 0 spiro atoms. The first kappa shape index (κ1) is 9.21. The van der Waals surface area contributed by atoms with Gasteiger partial charge in [0.05, 0.1) is 18.2 Å². The van der Waals surface area contributed by atoms with Gasteiger partial charge >= 0.3 is 0 Å². The standard InChI is InChI=1S/C9H13N3O2/c13-7-12-3-1-9(14,2-4-12)8-5-10-6-11-8/h5-7,14H,1-4H2,(H,10,11). The number of hydrogen-bond donors (Lipinski definition) is 2. The van der Waals surface area contributed by atoms with Crippen LogP contribution in [0.5, 0.6) is 0 Å². The molecule has 0 aromatic carbocycles. The van der Waals surface area contributed by atoms with E-state index in [1.165, 1.54) is 0 Å². The predicted octanol–water partition coefficient (Wildman–Crippen LogP) is -0.151. The Bertz CT molecular complexity index is 302. The lowest BCUT2D eigenvalue weighted by Gasteiger charge is -2.35. The van der Waals surface area contributed by atoms with Crippen molar-refractivity contribution in [2.75, 3.05) is 13.1 Å². The quantitative estimate of drug-likeness (QED) is 0.645. The summed E-state index contributed by atoms with van der Waals surface area (Å²) < 4.78 is 0. The molecular weight excluding hydrogens is 182 g/mol. The van der Waals surface area contributed by atoms with Gasteiger partial charge in [0.2, 0.25) is 6.41 Å². The third-order valence-electron chi connectivity index (χ3n) is 2.77. The molecule has 0 unspecified atom stereocenters. The van der Waals surface area contributed by atoms with Gasteiger partial charge in [-0.3, -0.25) is 4.79 Å². The third kappa shape index (κ3) is 1.50. The number of aliphatic hydroxyl groups is 1. The molecule has 0 saturated carbocycles. The summed E-state index contributed by atoms with van der Waals surface area (Å²) in [5.41, 5.74) is -0.0984. The van der Waals surface area contributed by atoms with Gasteiger partial charge in [0.25, 0.3) is 0 Å². The summed E-state index contributed by atoms with van der Waals surface area (Å²) >= 11 is 0. The number of aromatic amines is 1. The Morgan fingerprint density at radius 1 is 1.57 bits per heavy atom. The molecule has 1 amide bonds. The van der Waals surface area contributed by atoms with E-state index in [0.29, 0.717) is 25.9 Å². The Morgan fingerprint density at radius 2 is 2.29 bits per heavy atom. The van der Waals surface area contributed by atoms with Gasteiger partial charge in [0.1, 0.15) is 5.60 Å². The molecule has 0 bridgehead atoms. The fourth-order valence-electron chi connectivity index (χ4n) is 1.78. The highest BCUT2D eigenvalue weighted by atomic mass is 16.3. The third-order valence-corrected chi connectivity index (χ3v) is 2.77. The van der Waals surface area contributed by atoms with E-state index in [1.54, 1.807) is 17.4 Å². The van der Waals surface area contributed by atoms with Gasteiger partial charge in [0, 0.05) is 13.1 Å². The smallest absolute Gasteiger partial charge is 0.209 e. The number of carbonyl (C=O) groups is 1. The molecule has 0 radical (unpaired) electrons. The van der Waals surface area contributed by atoms with Crippen molar-refractivity contribution in [3.63, 3.8) is 0 Å². The van der Waals surface area contributed by atoms with Crippen molar-refractivity contribution in [3.8, 4) is 0 Å². The number of carbonyl (C=O) groups excluding carboxylic acids is 1. The maximum Gasteiger partial charge on any atom is 0.209 e. The highest BCUT2D eigenvalue weighted by Gasteiger charge is 2.34. The molecule has 1 aromatic heterocycles. The number of nitrogens with zero attached hydrogens (tertiary/aromatic N) is 2. The molecule has 1 saturated heterocycles. The summed E-state index contributed by atoms with van der Waals surface area (Å²) in [4.78, 5) is 18.9. The average molecular weight is 195 g/mol. The maximum atomic E-state index is 10.5. The van der Waals surface area contributed by atoms with Gasteiger partial charge < -0.3 is 15.0 Å². The van der Waals surface area contributed by atoms with E-state index in [-0.39, 0.29) is 0 Å². The summed E-state index contributed by atoms with van der Waals surface area (Å²) in [6.45, 7) is 1.19. The number of piperidine rings is 1. The zero-order valence-electron chi connectivity index (χ0n) is 7.81. The number of aromatic nitrogens is 2. The first-order chi connectivity index (χ1) is 6.74. The Morgan fingerprint density at radius 3 is 2.79 bits per heavy atom. The number of imidazole rings is 1. The molecule has 14 heavy (non-hydrogen) atoms. The Labute approximate surface area is 81.8 Å². The largest absolute Gasteiger partial charge is 0.383 e. The molecule has 0 aliphatic carbocycles. The minimum Gasteiger partial charge on any atom is -0.383 e. The summed E-state index contributed by atoms with van der Waals surface area (Å²) in [5, 5.41) is 10.2. The zero-order chi connectivity index (χ0) is 10.0. The predicted molar refractivity (Wildman–Crippen MR) is 49.4 cm³/mol. The Hall–Kier alpha value is -1.36. The van der Waals surface area contributed by atoms with Crippen LogP contribution in [0, 0.1) is 0 Å². The highest BCUT2D eigenvalue weighted by Crippen LogP contribution is 2.30. The van der Waals surface area contributed by atoms with Gasteiger partial charge in [-0.15, -0.1) is 0 Å². The number of hydrogen-bond acceptors (Lipinski definition) is 3. The molecule has 5 heteroatoms. The molecule has 1 fully saturated rings. The van der Waals surface area contributed by atoms with Gasteiger partial charge in [-0.05, 0) is 12.8 Å². The normalized spacial score (nSPS) is 20.8. The monoisotopic (exact) mass is 195 g/mol. The molecule has 2 rings (SSSR count). The van der Waals surface area contributed by atoms with Crippen molar-refractivity contribution < 1.29 is 9.90 Å². The van der Waals surface area contributed by atoms with E-state index in [0.717, 1.165) is 12.1 Å². The molecule has 2 N–H and O–H groups in total. The number of amides is 1. The van der Waals surface area contributed by atoms with Crippen LogP contribution in [0.25, 0.3) is 0 Å². The summed E-state index contributed by atoms with van der Waals surface area (Å²) in [7, 11) is 0. The van der Waals surface area contributed by atoms with E-state index in [1.807, 2.05) is 0 Å². The van der Waals surface area contributed by atoms with E-state index >= 15 is 0 Å². The van der Waals surface area contributed by atoms with Gasteiger partial charge in [-0.2, -0.15) is 0 Å². The van der Waals surface area contributed by atoms with Crippen molar-refractivity contribution in [2.24, 2.45) is 0 Å². The second-order valence-corrected chi connectivity index (χ2v) is 3.64. The fraction of sp³-hybridized carbons (Fsp3) is 0.556. The van der Waals surface area contributed by atoms with Crippen molar-refractivity contribution in [3.05, 3.63) is 18.2 Å². The van der Waals surface area contributed by atoms with Crippen LogP contribution in [0.4, 0.5) is 0 Å². The van der Waals surface area contributed by atoms with Crippen molar-refractivity contribution in [1.82, 2.24) is 14.9 Å². The second-order valence-electron chi connectivity index (χ2n) is 3.64.